The molecule has 0 spiro atoms. The zero-order valence-electron chi connectivity index (χ0n) is 6.72. The summed E-state index contributed by atoms with van der Waals surface area (Å²) >= 11 is 0. The molecule has 0 aromatic carbocycles. The van der Waals surface area contributed by atoms with Crippen LogP contribution in [0.4, 0.5) is 0 Å². The van der Waals surface area contributed by atoms with Gasteiger partial charge in [-0.25, -0.2) is 0 Å². The Kier molecular flexibility index (Phi) is 3.16. The third kappa shape index (κ3) is 2.01. The van der Waals surface area contributed by atoms with Crippen molar-refractivity contribution < 1.29 is 5.11 Å². The zero-order chi connectivity index (χ0) is 8.97. The van der Waals surface area contributed by atoms with Crippen molar-refractivity contribution in [1.29, 1.82) is 0 Å². The van der Waals surface area contributed by atoms with Gasteiger partial charge < -0.3 is 16.6 Å². The van der Waals surface area contributed by atoms with E-state index in [1.165, 1.54) is 0 Å². The molecule has 1 aromatic rings. The molecule has 0 fully saturated rings. The third-order valence-electron chi connectivity index (χ3n) is 1.74. The van der Waals surface area contributed by atoms with Crippen molar-refractivity contribution in [1.82, 2.24) is 4.98 Å². The molecule has 4 nitrogen and oxygen atoms in total. The van der Waals surface area contributed by atoms with Gasteiger partial charge in [0.25, 0.3) is 0 Å². The number of hydrogen-bond acceptors (Lipinski definition) is 4. The highest BCUT2D eigenvalue weighted by Gasteiger charge is 2.13. The van der Waals surface area contributed by atoms with Crippen LogP contribution in [0.1, 0.15) is 11.6 Å². The molecule has 0 radical (unpaired) electrons. The molecule has 66 valence electrons. The van der Waals surface area contributed by atoms with E-state index in [4.69, 9.17) is 16.6 Å². The number of nitrogens with two attached hydrogens (primary N) is 2. The second-order valence-electron chi connectivity index (χ2n) is 2.66. The summed E-state index contributed by atoms with van der Waals surface area (Å²) in [4.78, 5) is 3.91. The number of hydrogen-bond donors (Lipinski definition) is 3. The summed E-state index contributed by atoms with van der Waals surface area (Å²) in [5, 5.41) is 8.74. The molecule has 2 unspecified atom stereocenters. The smallest absolute Gasteiger partial charge is 0.0601 e. The Morgan fingerprint density at radius 1 is 1.50 bits per heavy atom. The average molecular weight is 167 g/mol. The molecule has 0 aliphatic heterocycles. The maximum Gasteiger partial charge on any atom is 0.0601 e. The molecule has 0 bridgehead atoms. The van der Waals surface area contributed by atoms with E-state index in [9.17, 15) is 0 Å². The fourth-order valence-corrected chi connectivity index (χ4v) is 0.934. The Balaban J connectivity index is 2.71. The average Bonchev–Trinajstić information content (AvgIpc) is 2.17. The molecule has 5 N–H and O–H groups in total. The molecule has 1 rings (SSSR count). The molecule has 0 saturated carbocycles. The van der Waals surface area contributed by atoms with Crippen LogP contribution >= 0.6 is 0 Å². The monoisotopic (exact) mass is 167 g/mol. The van der Waals surface area contributed by atoms with E-state index in [1.807, 2.05) is 6.07 Å². The fourth-order valence-electron chi connectivity index (χ4n) is 0.934. The largest absolute Gasteiger partial charge is 0.395 e. The van der Waals surface area contributed by atoms with Gasteiger partial charge in [0.2, 0.25) is 0 Å². The van der Waals surface area contributed by atoms with Crippen LogP contribution in [0.2, 0.25) is 0 Å². The van der Waals surface area contributed by atoms with E-state index in [0.29, 0.717) is 0 Å². The molecule has 0 aliphatic carbocycles. The molecule has 1 heterocycles. The normalized spacial score (nSPS) is 15.6. The van der Waals surface area contributed by atoms with Gasteiger partial charge in [0, 0.05) is 24.5 Å². The minimum absolute atomic E-state index is 0.115. The van der Waals surface area contributed by atoms with Gasteiger partial charge in [-0.2, -0.15) is 0 Å². The van der Waals surface area contributed by atoms with E-state index in [1.54, 1.807) is 18.5 Å². The quantitative estimate of drug-likeness (QED) is 0.561. The van der Waals surface area contributed by atoms with Gasteiger partial charge in [-0.3, -0.25) is 4.98 Å². The summed E-state index contributed by atoms with van der Waals surface area (Å²) < 4.78 is 0. The number of rotatable bonds is 3. The first-order chi connectivity index (χ1) is 5.75. The minimum atomic E-state index is -0.422. The zero-order valence-corrected chi connectivity index (χ0v) is 6.72. The summed E-state index contributed by atoms with van der Waals surface area (Å²) in [6, 6.07) is 2.87. The van der Waals surface area contributed by atoms with Gasteiger partial charge in [-0.05, 0) is 11.6 Å². The Hall–Kier alpha value is -0.970. The molecule has 2 atom stereocenters. The third-order valence-corrected chi connectivity index (χ3v) is 1.74. The van der Waals surface area contributed by atoms with Gasteiger partial charge in [0.05, 0.1) is 6.61 Å². The molecule has 1 aromatic heterocycles. The number of nitrogens with zero attached hydrogens (tertiary/aromatic N) is 1. The SMILES string of the molecule is NC(CO)C(N)c1cccnc1. The maximum atomic E-state index is 8.74. The highest BCUT2D eigenvalue weighted by atomic mass is 16.3. The van der Waals surface area contributed by atoms with Crippen LogP contribution in [-0.2, 0) is 0 Å². The van der Waals surface area contributed by atoms with Gasteiger partial charge in [-0.1, -0.05) is 6.07 Å². The molecule has 0 amide bonds. The first kappa shape index (κ1) is 9.12. The number of aromatic nitrogens is 1. The molecule has 0 aliphatic rings. The second kappa shape index (κ2) is 4.15. The lowest BCUT2D eigenvalue weighted by Gasteiger charge is -2.16. The van der Waals surface area contributed by atoms with Crippen molar-refractivity contribution in [2.75, 3.05) is 6.61 Å². The number of aliphatic hydroxyl groups is 1. The second-order valence-corrected chi connectivity index (χ2v) is 2.66. The Labute approximate surface area is 71.2 Å². The van der Waals surface area contributed by atoms with Crippen molar-refractivity contribution in [3.05, 3.63) is 30.1 Å². The van der Waals surface area contributed by atoms with E-state index in [0.717, 1.165) is 5.56 Å². The molecule has 0 saturated heterocycles. The lowest BCUT2D eigenvalue weighted by atomic mass is 10.0. The topological polar surface area (TPSA) is 85.2 Å². The summed E-state index contributed by atoms with van der Waals surface area (Å²) in [5.41, 5.74) is 12.1. The highest BCUT2D eigenvalue weighted by Crippen LogP contribution is 2.10. The van der Waals surface area contributed by atoms with E-state index >= 15 is 0 Å². The lowest BCUT2D eigenvalue weighted by molar-refractivity contribution is 0.249. The van der Waals surface area contributed by atoms with Gasteiger partial charge in [0.1, 0.15) is 0 Å². The van der Waals surface area contributed by atoms with Gasteiger partial charge in [-0.15, -0.1) is 0 Å². The van der Waals surface area contributed by atoms with Crippen LogP contribution in [-0.4, -0.2) is 22.7 Å². The van der Waals surface area contributed by atoms with Crippen molar-refractivity contribution in [3.63, 3.8) is 0 Å². The summed E-state index contributed by atoms with van der Waals surface area (Å²) in [5.74, 6) is 0. The van der Waals surface area contributed by atoms with Gasteiger partial charge >= 0.3 is 0 Å². The van der Waals surface area contributed by atoms with Crippen molar-refractivity contribution in [2.24, 2.45) is 11.5 Å². The predicted molar refractivity (Wildman–Crippen MR) is 46.2 cm³/mol. The Morgan fingerprint density at radius 3 is 2.75 bits per heavy atom. The van der Waals surface area contributed by atoms with Crippen molar-refractivity contribution >= 4 is 0 Å². The van der Waals surface area contributed by atoms with Gasteiger partial charge in [0.15, 0.2) is 0 Å². The van der Waals surface area contributed by atoms with Crippen LogP contribution in [0.3, 0.4) is 0 Å². The molecular weight excluding hydrogens is 154 g/mol. The first-order valence-electron chi connectivity index (χ1n) is 3.77. The number of aliphatic hydroxyl groups excluding tert-OH is 1. The summed E-state index contributed by atoms with van der Waals surface area (Å²) in [6.45, 7) is -0.115. The van der Waals surface area contributed by atoms with Crippen LogP contribution < -0.4 is 11.5 Å². The molecule has 12 heavy (non-hydrogen) atoms. The van der Waals surface area contributed by atoms with E-state index in [-0.39, 0.29) is 12.6 Å². The Bertz CT molecular complexity index is 227. The van der Waals surface area contributed by atoms with Crippen LogP contribution in [0.25, 0.3) is 0 Å². The van der Waals surface area contributed by atoms with Crippen LogP contribution in [0, 0.1) is 0 Å². The lowest BCUT2D eigenvalue weighted by Crippen LogP contribution is -2.37. The molecular formula is C8H13N3O. The van der Waals surface area contributed by atoms with Crippen molar-refractivity contribution in [3.8, 4) is 0 Å². The van der Waals surface area contributed by atoms with Crippen LogP contribution in [0.5, 0.6) is 0 Å². The maximum absolute atomic E-state index is 8.74. The standard InChI is InChI=1S/C8H13N3O/c9-7(5-12)8(10)6-2-1-3-11-4-6/h1-4,7-8,12H,5,9-10H2. The Morgan fingerprint density at radius 2 is 2.25 bits per heavy atom. The summed E-state index contributed by atoms with van der Waals surface area (Å²) in [6.07, 6.45) is 3.32. The molecule has 4 heteroatoms. The van der Waals surface area contributed by atoms with Crippen molar-refractivity contribution in [2.45, 2.75) is 12.1 Å². The van der Waals surface area contributed by atoms with E-state index in [2.05, 4.69) is 4.98 Å². The van der Waals surface area contributed by atoms with E-state index < -0.39 is 6.04 Å². The number of pyridine rings is 1. The highest BCUT2D eigenvalue weighted by molar-refractivity contribution is 5.15. The summed E-state index contributed by atoms with van der Waals surface area (Å²) in [7, 11) is 0. The predicted octanol–water partition coefficient (Wildman–Crippen LogP) is -0.599. The minimum Gasteiger partial charge on any atom is -0.395 e. The first-order valence-corrected chi connectivity index (χ1v) is 3.77. The van der Waals surface area contributed by atoms with Crippen LogP contribution in [0.15, 0.2) is 24.5 Å². The fraction of sp³-hybridized carbons (Fsp3) is 0.375.